The van der Waals surface area contributed by atoms with Gasteiger partial charge >= 0.3 is 0 Å². The fourth-order valence-electron chi connectivity index (χ4n) is 3.98. The lowest BCUT2D eigenvalue weighted by molar-refractivity contribution is -0.123. The number of fused-ring (bicyclic) bond motifs is 1. The molecule has 3 atom stereocenters. The Balaban J connectivity index is 1.69. The number of aryl methyl sites for hydroxylation is 1. The molecule has 1 aromatic carbocycles. The zero-order valence-electron chi connectivity index (χ0n) is 11.9. The van der Waals surface area contributed by atoms with E-state index in [1.54, 1.807) is 0 Å². The minimum Gasteiger partial charge on any atom is -0.299 e. The summed E-state index contributed by atoms with van der Waals surface area (Å²) in [6.07, 6.45) is 7.94. The summed E-state index contributed by atoms with van der Waals surface area (Å²) in [5.74, 6) is 2.15. The van der Waals surface area contributed by atoms with E-state index in [0.717, 1.165) is 25.2 Å². The van der Waals surface area contributed by atoms with E-state index >= 15 is 0 Å². The van der Waals surface area contributed by atoms with E-state index in [1.807, 2.05) is 0 Å². The molecule has 0 aliphatic heterocycles. The van der Waals surface area contributed by atoms with Crippen LogP contribution in [-0.2, 0) is 11.2 Å². The highest BCUT2D eigenvalue weighted by Gasteiger charge is 2.30. The molecule has 1 heteroatoms. The molecule has 1 nitrogen and oxygen atoms in total. The van der Waals surface area contributed by atoms with Crippen molar-refractivity contribution < 1.29 is 4.79 Å². The van der Waals surface area contributed by atoms with Crippen LogP contribution >= 0.6 is 0 Å². The molecular formula is C18H24O. The summed E-state index contributed by atoms with van der Waals surface area (Å²) in [6.45, 7) is 2.28. The minimum atomic E-state index is 0.365. The Morgan fingerprint density at radius 2 is 2.05 bits per heavy atom. The van der Waals surface area contributed by atoms with Gasteiger partial charge in [-0.05, 0) is 61.5 Å². The van der Waals surface area contributed by atoms with Gasteiger partial charge in [-0.25, -0.2) is 0 Å². The molecule has 0 amide bonds. The Bertz CT molecular complexity index is 463. The average Bonchev–Trinajstić information content (AvgIpc) is 2.86. The normalized spacial score (nSPS) is 30.1. The average molecular weight is 256 g/mol. The van der Waals surface area contributed by atoms with Crippen molar-refractivity contribution in [2.24, 2.45) is 11.8 Å². The fourth-order valence-corrected chi connectivity index (χ4v) is 3.98. The van der Waals surface area contributed by atoms with Gasteiger partial charge in [0.05, 0.1) is 0 Å². The van der Waals surface area contributed by atoms with Gasteiger partial charge in [0.1, 0.15) is 5.78 Å². The molecule has 3 unspecified atom stereocenters. The largest absolute Gasteiger partial charge is 0.299 e. The van der Waals surface area contributed by atoms with E-state index in [9.17, 15) is 4.79 Å². The van der Waals surface area contributed by atoms with Crippen molar-refractivity contribution in [1.29, 1.82) is 0 Å². The number of hydrogen-bond donors (Lipinski definition) is 0. The molecule has 0 saturated heterocycles. The molecule has 3 rings (SSSR count). The second-order valence-corrected chi connectivity index (χ2v) is 6.57. The number of Topliss-reactive ketones (excluding diaryl/α,β-unsaturated/α-hetero) is 1. The highest BCUT2D eigenvalue weighted by Crippen LogP contribution is 2.37. The molecule has 102 valence electrons. The monoisotopic (exact) mass is 256 g/mol. The predicted molar refractivity (Wildman–Crippen MR) is 78.3 cm³/mol. The van der Waals surface area contributed by atoms with E-state index in [-0.39, 0.29) is 0 Å². The zero-order valence-corrected chi connectivity index (χ0v) is 11.9. The summed E-state index contributed by atoms with van der Waals surface area (Å²) in [5.41, 5.74) is 2.93. The first-order valence-corrected chi connectivity index (χ1v) is 7.84. The van der Waals surface area contributed by atoms with Crippen LogP contribution in [0.4, 0.5) is 0 Å². The van der Waals surface area contributed by atoms with Gasteiger partial charge in [-0.2, -0.15) is 0 Å². The maximum absolute atomic E-state index is 12.5. The van der Waals surface area contributed by atoms with E-state index < -0.39 is 0 Å². The van der Waals surface area contributed by atoms with Gasteiger partial charge in [0, 0.05) is 12.3 Å². The van der Waals surface area contributed by atoms with E-state index in [1.165, 1.54) is 36.8 Å². The van der Waals surface area contributed by atoms with Crippen molar-refractivity contribution in [3.8, 4) is 0 Å². The lowest BCUT2D eigenvalue weighted by Crippen LogP contribution is -2.18. The standard InChI is InChI=1S/C18H24O/c1-13-9-10-16(11-13)18(19)12-15-7-4-6-14-5-2-3-8-17(14)15/h2-3,5,8,13,15-16H,4,6-7,9-12H2,1H3. The maximum atomic E-state index is 12.5. The molecule has 0 N–H and O–H groups in total. The maximum Gasteiger partial charge on any atom is 0.136 e. The molecule has 2 aliphatic rings. The lowest BCUT2D eigenvalue weighted by Gasteiger charge is -2.25. The third-order valence-electron chi connectivity index (χ3n) is 5.09. The number of benzene rings is 1. The summed E-state index contributed by atoms with van der Waals surface area (Å²) < 4.78 is 0. The second-order valence-electron chi connectivity index (χ2n) is 6.57. The van der Waals surface area contributed by atoms with Crippen LogP contribution in [0.2, 0.25) is 0 Å². The quantitative estimate of drug-likeness (QED) is 0.778. The summed E-state index contributed by atoms with van der Waals surface area (Å²) in [4.78, 5) is 12.5. The van der Waals surface area contributed by atoms with Crippen LogP contribution in [0.3, 0.4) is 0 Å². The number of ketones is 1. The van der Waals surface area contributed by atoms with Crippen molar-refractivity contribution in [3.63, 3.8) is 0 Å². The number of hydrogen-bond acceptors (Lipinski definition) is 1. The summed E-state index contributed by atoms with van der Waals surface area (Å²) in [6, 6.07) is 8.73. The van der Waals surface area contributed by atoms with Crippen LogP contribution in [0, 0.1) is 11.8 Å². The molecular weight excluding hydrogens is 232 g/mol. The number of rotatable bonds is 3. The van der Waals surface area contributed by atoms with Gasteiger partial charge in [0.15, 0.2) is 0 Å². The SMILES string of the molecule is CC1CCC(C(=O)CC2CCCc3ccccc32)C1. The highest BCUT2D eigenvalue weighted by molar-refractivity contribution is 5.82. The molecule has 0 radical (unpaired) electrons. The Morgan fingerprint density at radius 1 is 1.21 bits per heavy atom. The molecule has 0 heterocycles. The molecule has 19 heavy (non-hydrogen) atoms. The van der Waals surface area contributed by atoms with Gasteiger partial charge < -0.3 is 0 Å². The van der Waals surface area contributed by atoms with Gasteiger partial charge in [-0.1, -0.05) is 31.2 Å². The molecule has 0 spiro atoms. The zero-order chi connectivity index (χ0) is 13.2. The first kappa shape index (κ1) is 12.9. The summed E-state index contributed by atoms with van der Waals surface area (Å²) in [5, 5.41) is 0. The number of carbonyl (C=O) groups is 1. The van der Waals surface area contributed by atoms with Crippen molar-refractivity contribution in [2.75, 3.05) is 0 Å². The van der Waals surface area contributed by atoms with Gasteiger partial charge in [0.2, 0.25) is 0 Å². The molecule has 1 saturated carbocycles. The highest BCUT2D eigenvalue weighted by atomic mass is 16.1. The minimum absolute atomic E-state index is 0.365. The Morgan fingerprint density at radius 3 is 2.84 bits per heavy atom. The van der Waals surface area contributed by atoms with Crippen molar-refractivity contribution in [3.05, 3.63) is 35.4 Å². The molecule has 0 aromatic heterocycles. The van der Waals surface area contributed by atoms with Crippen LogP contribution in [0.25, 0.3) is 0 Å². The second kappa shape index (κ2) is 5.48. The van der Waals surface area contributed by atoms with E-state index in [2.05, 4.69) is 31.2 Å². The van der Waals surface area contributed by atoms with E-state index in [0.29, 0.717) is 17.6 Å². The lowest BCUT2D eigenvalue weighted by atomic mass is 9.78. The third kappa shape index (κ3) is 2.75. The number of carbonyl (C=O) groups excluding carboxylic acids is 1. The van der Waals surface area contributed by atoms with Crippen LogP contribution in [-0.4, -0.2) is 5.78 Å². The molecule has 0 bridgehead atoms. The van der Waals surface area contributed by atoms with Crippen molar-refractivity contribution in [1.82, 2.24) is 0 Å². The third-order valence-corrected chi connectivity index (χ3v) is 5.09. The van der Waals surface area contributed by atoms with Crippen LogP contribution < -0.4 is 0 Å². The first-order chi connectivity index (χ1) is 9.24. The smallest absolute Gasteiger partial charge is 0.136 e. The van der Waals surface area contributed by atoms with Gasteiger partial charge in [-0.15, -0.1) is 0 Å². The van der Waals surface area contributed by atoms with Gasteiger partial charge in [-0.3, -0.25) is 4.79 Å². The van der Waals surface area contributed by atoms with Crippen LogP contribution in [0.1, 0.15) is 62.5 Å². The first-order valence-electron chi connectivity index (χ1n) is 7.84. The Kier molecular flexibility index (Phi) is 3.72. The van der Waals surface area contributed by atoms with Gasteiger partial charge in [0.25, 0.3) is 0 Å². The van der Waals surface area contributed by atoms with Crippen molar-refractivity contribution in [2.45, 2.75) is 57.8 Å². The molecule has 2 aliphatic carbocycles. The Labute approximate surface area is 116 Å². The van der Waals surface area contributed by atoms with E-state index in [4.69, 9.17) is 0 Å². The summed E-state index contributed by atoms with van der Waals surface area (Å²) >= 11 is 0. The summed E-state index contributed by atoms with van der Waals surface area (Å²) in [7, 11) is 0. The Hall–Kier alpha value is -1.11. The molecule has 1 fully saturated rings. The van der Waals surface area contributed by atoms with Crippen LogP contribution in [0.5, 0.6) is 0 Å². The topological polar surface area (TPSA) is 17.1 Å². The fraction of sp³-hybridized carbons (Fsp3) is 0.611. The predicted octanol–water partition coefficient (Wildman–Crippen LogP) is 4.50. The van der Waals surface area contributed by atoms with Crippen molar-refractivity contribution >= 4 is 5.78 Å². The molecule has 1 aromatic rings. The van der Waals surface area contributed by atoms with Crippen LogP contribution in [0.15, 0.2) is 24.3 Å².